The molecular formula is C23H19NO2. The highest BCUT2D eigenvalue weighted by Crippen LogP contribution is 2.28. The molecule has 0 heterocycles. The maximum atomic E-state index is 11.9. The van der Waals surface area contributed by atoms with Crippen molar-refractivity contribution >= 4 is 22.8 Å². The van der Waals surface area contributed by atoms with E-state index in [1.807, 2.05) is 48.5 Å². The van der Waals surface area contributed by atoms with Crippen LogP contribution in [-0.4, -0.2) is 12.1 Å². The fraction of sp³-hybridized carbons (Fsp3) is 0.130. The number of hydrogen-bond donors (Lipinski definition) is 0. The van der Waals surface area contributed by atoms with Gasteiger partial charge in [-0.1, -0.05) is 66.7 Å². The molecule has 3 heteroatoms. The van der Waals surface area contributed by atoms with Crippen LogP contribution in [0.1, 0.15) is 19.4 Å². The molecule has 0 radical (unpaired) electrons. The normalized spacial score (nSPS) is 11.4. The van der Waals surface area contributed by atoms with E-state index >= 15 is 0 Å². The van der Waals surface area contributed by atoms with E-state index in [0.717, 1.165) is 16.7 Å². The Bertz CT molecular complexity index is 1000. The average molecular weight is 341 g/mol. The third kappa shape index (κ3) is 3.81. The molecule has 0 saturated heterocycles. The molecule has 0 fully saturated rings. The molecule has 3 nitrogen and oxygen atoms in total. The van der Waals surface area contributed by atoms with Gasteiger partial charge < -0.3 is 4.74 Å². The predicted molar refractivity (Wildman–Crippen MR) is 104 cm³/mol. The lowest BCUT2D eigenvalue weighted by Crippen LogP contribution is -2.12. The van der Waals surface area contributed by atoms with Crippen molar-refractivity contribution in [2.24, 2.45) is 0 Å². The van der Waals surface area contributed by atoms with E-state index in [1.165, 1.54) is 10.8 Å². The summed E-state index contributed by atoms with van der Waals surface area (Å²) in [5.74, 6) is -0.597. The van der Waals surface area contributed by atoms with Crippen LogP contribution in [0.2, 0.25) is 0 Å². The van der Waals surface area contributed by atoms with Crippen LogP contribution in [0.3, 0.4) is 0 Å². The van der Waals surface area contributed by atoms with Crippen molar-refractivity contribution < 1.29 is 9.53 Å². The fourth-order valence-corrected chi connectivity index (χ4v) is 2.82. The van der Waals surface area contributed by atoms with Gasteiger partial charge in [-0.15, -0.1) is 0 Å². The summed E-state index contributed by atoms with van der Waals surface area (Å²) in [7, 11) is 0. The highest BCUT2D eigenvalue weighted by Gasteiger charge is 2.12. The van der Waals surface area contributed by atoms with E-state index in [0.29, 0.717) is 0 Å². The number of hydrogen-bond acceptors (Lipinski definition) is 3. The van der Waals surface area contributed by atoms with Crippen molar-refractivity contribution in [1.29, 1.82) is 5.26 Å². The van der Waals surface area contributed by atoms with E-state index in [9.17, 15) is 10.1 Å². The first-order valence-corrected chi connectivity index (χ1v) is 8.49. The van der Waals surface area contributed by atoms with Gasteiger partial charge >= 0.3 is 5.97 Å². The van der Waals surface area contributed by atoms with Crippen LogP contribution >= 0.6 is 0 Å². The van der Waals surface area contributed by atoms with Crippen LogP contribution in [0.25, 0.3) is 28.0 Å². The van der Waals surface area contributed by atoms with Crippen LogP contribution in [0.15, 0.2) is 72.3 Å². The van der Waals surface area contributed by atoms with Gasteiger partial charge in [0.05, 0.1) is 6.10 Å². The number of carbonyl (C=O) groups excluding carboxylic acids is 1. The van der Waals surface area contributed by atoms with Gasteiger partial charge in [-0.05, 0) is 47.4 Å². The lowest BCUT2D eigenvalue weighted by molar-refractivity contribution is -0.142. The first-order chi connectivity index (χ1) is 12.6. The second kappa shape index (κ2) is 7.67. The molecule has 0 spiro atoms. The molecular weight excluding hydrogens is 322 g/mol. The standard InChI is InChI=1S/C23H19NO2/c1-16(2)26-23(25)20(15-24)14-17-10-12-19(13-11-17)22-9-5-7-18-6-3-4-8-21(18)22/h3-14,16H,1-2H3/b20-14+. The summed E-state index contributed by atoms with van der Waals surface area (Å²) in [5, 5.41) is 11.6. The molecule has 3 aromatic rings. The highest BCUT2D eigenvalue weighted by molar-refractivity contribution is 5.98. The number of rotatable bonds is 4. The molecule has 0 amide bonds. The minimum atomic E-state index is -0.597. The molecule has 26 heavy (non-hydrogen) atoms. The van der Waals surface area contributed by atoms with Gasteiger partial charge in [0.1, 0.15) is 11.6 Å². The number of fused-ring (bicyclic) bond motifs is 1. The van der Waals surface area contributed by atoms with Gasteiger partial charge in [0, 0.05) is 0 Å². The monoisotopic (exact) mass is 341 g/mol. The molecule has 0 atom stereocenters. The second-order valence-corrected chi connectivity index (χ2v) is 6.27. The summed E-state index contributed by atoms with van der Waals surface area (Å²) in [6.07, 6.45) is 1.30. The van der Waals surface area contributed by atoms with Crippen LogP contribution < -0.4 is 0 Å². The smallest absolute Gasteiger partial charge is 0.349 e. The lowest BCUT2D eigenvalue weighted by Gasteiger charge is -2.08. The first kappa shape index (κ1) is 17.4. The van der Waals surface area contributed by atoms with Crippen molar-refractivity contribution in [1.82, 2.24) is 0 Å². The number of nitriles is 1. The Morgan fingerprint density at radius 3 is 2.38 bits per heavy atom. The van der Waals surface area contributed by atoms with E-state index in [4.69, 9.17) is 4.74 Å². The number of ether oxygens (including phenoxy) is 1. The summed E-state index contributed by atoms with van der Waals surface area (Å²) in [6, 6.07) is 24.2. The summed E-state index contributed by atoms with van der Waals surface area (Å²) in [4.78, 5) is 11.9. The Kier molecular flexibility index (Phi) is 5.15. The number of carbonyl (C=O) groups is 1. The molecule has 128 valence electrons. The van der Waals surface area contributed by atoms with Crippen molar-refractivity contribution in [3.05, 3.63) is 77.9 Å². The summed E-state index contributed by atoms with van der Waals surface area (Å²) >= 11 is 0. The molecule has 0 saturated carbocycles. The molecule has 0 N–H and O–H groups in total. The maximum absolute atomic E-state index is 11.9. The van der Waals surface area contributed by atoms with Gasteiger partial charge in [-0.25, -0.2) is 4.79 Å². The Morgan fingerprint density at radius 2 is 1.69 bits per heavy atom. The second-order valence-electron chi connectivity index (χ2n) is 6.27. The summed E-state index contributed by atoms with van der Waals surface area (Å²) in [6.45, 7) is 3.51. The van der Waals surface area contributed by atoms with Crippen LogP contribution in [0.4, 0.5) is 0 Å². The average Bonchev–Trinajstić information content (AvgIpc) is 2.65. The van der Waals surface area contributed by atoms with Crippen molar-refractivity contribution in [3.8, 4) is 17.2 Å². The van der Waals surface area contributed by atoms with E-state index < -0.39 is 5.97 Å². The third-order valence-corrected chi connectivity index (χ3v) is 4.01. The van der Waals surface area contributed by atoms with Crippen molar-refractivity contribution in [3.63, 3.8) is 0 Å². The van der Waals surface area contributed by atoms with E-state index in [-0.39, 0.29) is 11.7 Å². The molecule has 0 unspecified atom stereocenters. The zero-order chi connectivity index (χ0) is 18.5. The van der Waals surface area contributed by atoms with Crippen LogP contribution in [-0.2, 0) is 9.53 Å². The molecule has 0 aliphatic carbocycles. The van der Waals surface area contributed by atoms with Crippen LogP contribution in [0.5, 0.6) is 0 Å². The largest absolute Gasteiger partial charge is 0.459 e. The predicted octanol–water partition coefficient (Wildman–Crippen LogP) is 5.37. The number of nitrogens with zero attached hydrogens (tertiary/aromatic N) is 1. The van der Waals surface area contributed by atoms with Gasteiger partial charge in [0.2, 0.25) is 0 Å². The van der Waals surface area contributed by atoms with E-state index in [2.05, 4.69) is 24.3 Å². The van der Waals surface area contributed by atoms with Crippen LogP contribution in [0, 0.1) is 11.3 Å². The Hall–Kier alpha value is -3.38. The van der Waals surface area contributed by atoms with E-state index in [1.54, 1.807) is 19.9 Å². The molecule has 0 aromatic heterocycles. The van der Waals surface area contributed by atoms with Gasteiger partial charge in [-0.3, -0.25) is 0 Å². The quantitative estimate of drug-likeness (QED) is 0.364. The molecule has 0 bridgehead atoms. The third-order valence-electron chi connectivity index (χ3n) is 4.01. The van der Waals surface area contributed by atoms with Gasteiger partial charge in [-0.2, -0.15) is 5.26 Å². The Balaban J connectivity index is 1.92. The SMILES string of the molecule is CC(C)OC(=O)/C(C#N)=C/c1ccc(-c2cccc3ccccc23)cc1. The molecule has 0 aliphatic heterocycles. The molecule has 3 rings (SSSR count). The number of benzene rings is 3. The number of esters is 1. The summed E-state index contributed by atoms with van der Waals surface area (Å²) < 4.78 is 5.09. The molecule has 0 aliphatic rings. The topological polar surface area (TPSA) is 50.1 Å². The maximum Gasteiger partial charge on any atom is 0.349 e. The zero-order valence-corrected chi connectivity index (χ0v) is 14.8. The van der Waals surface area contributed by atoms with Crippen molar-refractivity contribution in [2.75, 3.05) is 0 Å². The zero-order valence-electron chi connectivity index (χ0n) is 14.8. The minimum absolute atomic E-state index is 0.00314. The highest BCUT2D eigenvalue weighted by atomic mass is 16.5. The molecule has 3 aromatic carbocycles. The van der Waals surface area contributed by atoms with Gasteiger partial charge in [0.15, 0.2) is 0 Å². The van der Waals surface area contributed by atoms with Crippen molar-refractivity contribution in [2.45, 2.75) is 20.0 Å². The van der Waals surface area contributed by atoms with Gasteiger partial charge in [0.25, 0.3) is 0 Å². The first-order valence-electron chi connectivity index (χ1n) is 8.49. The lowest BCUT2D eigenvalue weighted by atomic mass is 9.97. The summed E-state index contributed by atoms with van der Waals surface area (Å²) in [5.41, 5.74) is 3.02. The Morgan fingerprint density at radius 1 is 1.00 bits per heavy atom. The fourth-order valence-electron chi connectivity index (χ4n) is 2.82. The Labute approximate surface area is 153 Å². The minimum Gasteiger partial charge on any atom is -0.459 e.